The summed E-state index contributed by atoms with van der Waals surface area (Å²) in [5.74, 6) is -0.484. The third-order valence-electron chi connectivity index (χ3n) is 4.46. The van der Waals surface area contributed by atoms with Crippen LogP contribution in [-0.4, -0.2) is 27.3 Å². The van der Waals surface area contributed by atoms with Gasteiger partial charge in [-0.1, -0.05) is 58.0 Å². The fourth-order valence-electron chi connectivity index (χ4n) is 2.56. The Labute approximate surface area is 143 Å². The van der Waals surface area contributed by atoms with Crippen LogP contribution in [0.2, 0.25) is 0 Å². The minimum atomic E-state index is -1.00. The lowest BCUT2D eigenvalue weighted by Crippen LogP contribution is -2.39. The molecule has 1 heterocycles. The Morgan fingerprint density at radius 1 is 1.21 bits per heavy atom. The van der Waals surface area contributed by atoms with Gasteiger partial charge in [0.1, 0.15) is 6.10 Å². The van der Waals surface area contributed by atoms with Gasteiger partial charge in [0.25, 0.3) is 0 Å². The van der Waals surface area contributed by atoms with Crippen LogP contribution in [0.15, 0.2) is 36.4 Å². The zero-order valence-corrected chi connectivity index (χ0v) is 15.0. The van der Waals surface area contributed by atoms with E-state index < -0.39 is 6.10 Å². The lowest BCUT2D eigenvalue weighted by atomic mass is 9.81. The van der Waals surface area contributed by atoms with Gasteiger partial charge in [-0.3, -0.25) is 9.89 Å². The minimum absolute atomic E-state index is 0.119. The number of aromatic amines is 1. The first kappa shape index (κ1) is 18.2. The summed E-state index contributed by atoms with van der Waals surface area (Å²) in [4.78, 5) is 12.0. The molecule has 5 nitrogen and oxygen atoms in total. The Kier molecular flexibility index (Phi) is 5.44. The molecule has 0 spiro atoms. The fraction of sp³-hybridized carbons (Fsp3) is 0.474. The Bertz CT molecular complexity index is 677. The number of rotatable bonds is 6. The van der Waals surface area contributed by atoms with Crippen molar-refractivity contribution in [2.45, 2.75) is 52.2 Å². The normalized spacial score (nSPS) is 14.5. The third-order valence-corrected chi connectivity index (χ3v) is 4.46. The van der Waals surface area contributed by atoms with Gasteiger partial charge in [-0.15, -0.1) is 0 Å². The quantitative estimate of drug-likeness (QED) is 0.762. The van der Waals surface area contributed by atoms with Gasteiger partial charge in [0.2, 0.25) is 5.91 Å². The van der Waals surface area contributed by atoms with Crippen molar-refractivity contribution in [1.29, 1.82) is 0 Å². The van der Waals surface area contributed by atoms with Gasteiger partial charge in [-0.2, -0.15) is 5.10 Å². The summed E-state index contributed by atoms with van der Waals surface area (Å²) >= 11 is 0. The number of H-pyrrole nitrogens is 1. The molecule has 0 aliphatic heterocycles. The predicted octanol–water partition coefficient (Wildman–Crippen LogP) is 2.93. The van der Waals surface area contributed by atoms with Crippen molar-refractivity contribution in [3.05, 3.63) is 53.3 Å². The third kappa shape index (κ3) is 3.85. The molecule has 0 aliphatic rings. The van der Waals surface area contributed by atoms with E-state index >= 15 is 0 Å². The van der Waals surface area contributed by atoms with Gasteiger partial charge in [-0.05, 0) is 24.5 Å². The van der Waals surface area contributed by atoms with Crippen LogP contribution in [-0.2, 0) is 10.2 Å². The standard InChI is InChI=1S/C19H27N3O2/c1-12(2)17(23)18(24)20-13(3)15-11-16(22-21-15)19(4,5)14-9-7-6-8-10-14/h6-13,17,23H,1-5H3,(H,20,24)(H,21,22). The van der Waals surface area contributed by atoms with E-state index in [0.29, 0.717) is 0 Å². The monoisotopic (exact) mass is 329 g/mol. The predicted molar refractivity (Wildman–Crippen MR) is 94.6 cm³/mol. The molecule has 2 unspecified atom stereocenters. The highest BCUT2D eigenvalue weighted by Crippen LogP contribution is 2.31. The van der Waals surface area contributed by atoms with Crippen molar-refractivity contribution in [3.63, 3.8) is 0 Å². The molecular weight excluding hydrogens is 302 g/mol. The summed E-state index contributed by atoms with van der Waals surface area (Å²) in [7, 11) is 0. The van der Waals surface area contributed by atoms with E-state index in [1.54, 1.807) is 0 Å². The summed E-state index contributed by atoms with van der Waals surface area (Å²) in [6, 6.07) is 11.9. The number of aliphatic hydroxyl groups is 1. The first-order chi connectivity index (χ1) is 11.2. The van der Waals surface area contributed by atoms with Crippen LogP contribution in [0.4, 0.5) is 0 Å². The van der Waals surface area contributed by atoms with E-state index in [1.807, 2.05) is 45.0 Å². The molecule has 1 aromatic carbocycles. The Hall–Kier alpha value is -2.14. The Morgan fingerprint density at radius 3 is 2.42 bits per heavy atom. The summed E-state index contributed by atoms with van der Waals surface area (Å²) in [6.45, 7) is 9.73. The van der Waals surface area contributed by atoms with Crippen LogP contribution in [0.1, 0.15) is 57.6 Å². The van der Waals surface area contributed by atoms with E-state index in [2.05, 4.69) is 41.5 Å². The molecule has 1 amide bonds. The molecule has 3 N–H and O–H groups in total. The van der Waals surface area contributed by atoms with E-state index in [4.69, 9.17) is 0 Å². The number of amides is 1. The molecular formula is C19H27N3O2. The molecule has 2 rings (SSSR count). The maximum Gasteiger partial charge on any atom is 0.249 e. The number of carbonyl (C=O) groups is 1. The number of hydrogen-bond acceptors (Lipinski definition) is 3. The Balaban J connectivity index is 2.14. The number of nitrogens with zero attached hydrogens (tertiary/aromatic N) is 1. The number of carbonyl (C=O) groups excluding carboxylic acids is 1. The smallest absolute Gasteiger partial charge is 0.249 e. The summed E-state index contributed by atoms with van der Waals surface area (Å²) in [5.41, 5.74) is 2.67. The topological polar surface area (TPSA) is 78.0 Å². The number of aromatic nitrogens is 2. The second-order valence-corrected chi connectivity index (χ2v) is 7.12. The highest BCUT2D eigenvalue weighted by atomic mass is 16.3. The second kappa shape index (κ2) is 7.18. The number of nitrogens with one attached hydrogen (secondary N) is 2. The van der Waals surface area contributed by atoms with Crippen molar-refractivity contribution >= 4 is 5.91 Å². The number of hydrogen-bond donors (Lipinski definition) is 3. The van der Waals surface area contributed by atoms with Crippen LogP contribution >= 0.6 is 0 Å². The highest BCUT2D eigenvalue weighted by molar-refractivity contribution is 5.81. The molecule has 130 valence electrons. The van der Waals surface area contributed by atoms with E-state index in [0.717, 1.165) is 11.4 Å². The maximum absolute atomic E-state index is 12.0. The molecule has 1 aromatic heterocycles. The van der Waals surface area contributed by atoms with Gasteiger partial charge in [0.05, 0.1) is 17.4 Å². The summed E-state index contributed by atoms with van der Waals surface area (Å²) in [5, 5.41) is 20.1. The fourth-order valence-corrected chi connectivity index (χ4v) is 2.56. The van der Waals surface area contributed by atoms with E-state index in [9.17, 15) is 9.90 Å². The van der Waals surface area contributed by atoms with Crippen LogP contribution in [0.3, 0.4) is 0 Å². The van der Waals surface area contributed by atoms with Gasteiger partial charge in [0, 0.05) is 5.41 Å². The maximum atomic E-state index is 12.0. The summed E-state index contributed by atoms with van der Waals surface area (Å²) < 4.78 is 0. The average Bonchev–Trinajstić information content (AvgIpc) is 3.05. The van der Waals surface area contributed by atoms with Crippen LogP contribution < -0.4 is 5.32 Å². The van der Waals surface area contributed by atoms with Crippen molar-refractivity contribution in [2.24, 2.45) is 5.92 Å². The summed E-state index contributed by atoms with van der Waals surface area (Å²) in [6.07, 6.45) is -1.00. The zero-order chi connectivity index (χ0) is 17.9. The van der Waals surface area contributed by atoms with Crippen LogP contribution in [0.5, 0.6) is 0 Å². The van der Waals surface area contributed by atoms with Crippen LogP contribution in [0, 0.1) is 5.92 Å². The molecule has 0 radical (unpaired) electrons. The molecule has 0 saturated carbocycles. The average molecular weight is 329 g/mol. The first-order valence-corrected chi connectivity index (χ1v) is 8.33. The number of aliphatic hydroxyl groups excluding tert-OH is 1. The molecule has 5 heteroatoms. The lowest BCUT2D eigenvalue weighted by molar-refractivity contribution is -0.132. The van der Waals surface area contributed by atoms with Gasteiger partial charge in [-0.25, -0.2) is 0 Å². The van der Waals surface area contributed by atoms with Gasteiger partial charge >= 0.3 is 0 Å². The van der Waals surface area contributed by atoms with Crippen molar-refractivity contribution in [1.82, 2.24) is 15.5 Å². The largest absolute Gasteiger partial charge is 0.383 e. The van der Waals surface area contributed by atoms with E-state index in [1.165, 1.54) is 5.56 Å². The molecule has 2 atom stereocenters. The van der Waals surface area contributed by atoms with Gasteiger partial charge < -0.3 is 10.4 Å². The van der Waals surface area contributed by atoms with Crippen LogP contribution in [0.25, 0.3) is 0 Å². The van der Waals surface area contributed by atoms with Crippen molar-refractivity contribution in [2.75, 3.05) is 0 Å². The minimum Gasteiger partial charge on any atom is -0.383 e. The molecule has 0 saturated heterocycles. The second-order valence-electron chi connectivity index (χ2n) is 7.12. The Morgan fingerprint density at radius 2 is 1.83 bits per heavy atom. The molecule has 0 bridgehead atoms. The van der Waals surface area contributed by atoms with Crippen molar-refractivity contribution in [3.8, 4) is 0 Å². The van der Waals surface area contributed by atoms with Crippen molar-refractivity contribution < 1.29 is 9.90 Å². The molecule has 2 aromatic rings. The van der Waals surface area contributed by atoms with Gasteiger partial charge in [0.15, 0.2) is 0 Å². The first-order valence-electron chi connectivity index (χ1n) is 8.33. The lowest BCUT2D eigenvalue weighted by Gasteiger charge is -2.22. The SMILES string of the molecule is CC(NC(=O)C(O)C(C)C)c1cc(C(C)(C)c2ccccc2)n[nH]1. The molecule has 24 heavy (non-hydrogen) atoms. The molecule has 0 aliphatic carbocycles. The molecule has 0 fully saturated rings. The van der Waals surface area contributed by atoms with E-state index in [-0.39, 0.29) is 23.3 Å². The zero-order valence-electron chi connectivity index (χ0n) is 15.0. The highest BCUT2D eigenvalue weighted by Gasteiger charge is 2.27. The number of benzene rings is 1.